The largest absolute Gasteiger partial charge is 0.493 e. The van der Waals surface area contributed by atoms with E-state index < -0.39 is 32.7 Å². The van der Waals surface area contributed by atoms with E-state index in [1.54, 1.807) is 42.5 Å². The Labute approximate surface area is 190 Å². The fourth-order valence-corrected chi connectivity index (χ4v) is 6.02. The first-order valence-electron chi connectivity index (χ1n) is 10.2. The van der Waals surface area contributed by atoms with Crippen molar-refractivity contribution in [3.63, 3.8) is 0 Å². The van der Waals surface area contributed by atoms with Crippen molar-refractivity contribution >= 4 is 10.0 Å². The van der Waals surface area contributed by atoms with Crippen LogP contribution in [0.5, 0.6) is 11.5 Å². The maximum Gasteiger partial charge on any atom is 0.417 e. The predicted molar refractivity (Wildman–Crippen MR) is 117 cm³/mol. The molecule has 3 aromatic carbocycles. The van der Waals surface area contributed by atoms with Gasteiger partial charge >= 0.3 is 6.18 Å². The van der Waals surface area contributed by atoms with Crippen molar-refractivity contribution in [2.45, 2.75) is 23.5 Å². The zero-order chi connectivity index (χ0) is 23.8. The molecular formula is C24H22F3NO4S. The topological polar surface area (TPSA) is 55.8 Å². The molecule has 5 nitrogen and oxygen atoms in total. The molecule has 0 aliphatic carbocycles. The summed E-state index contributed by atoms with van der Waals surface area (Å²) in [6, 6.07) is 15.8. The predicted octanol–water partition coefficient (Wildman–Crippen LogP) is 5.06. The Hall–Kier alpha value is -3.04. The summed E-state index contributed by atoms with van der Waals surface area (Å²) in [5.74, 6) is 0.911. The summed E-state index contributed by atoms with van der Waals surface area (Å²) >= 11 is 0. The summed E-state index contributed by atoms with van der Waals surface area (Å²) in [5, 5.41) is 0. The highest BCUT2D eigenvalue weighted by Gasteiger charge is 2.43. The Kier molecular flexibility index (Phi) is 6.11. The van der Waals surface area contributed by atoms with Crippen LogP contribution in [0.3, 0.4) is 0 Å². The van der Waals surface area contributed by atoms with Gasteiger partial charge in [0.05, 0.1) is 30.7 Å². The van der Waals surface area contributed by atoms with Crippen LogP contribution >= 0.6 is 0 Å². The Balaban J connectivity index is 1.93. The van der Waals surface area contributed by atoms with Crippen molar-refractivity contribution < 1.29 is 31.1 Å². The number of hydrogen-bond donors (Lipinski definition) is 0. The molecule has 0 radical (unpaired) electrons. The SMILES string of the molecule is COc1cc2c(cc1OC)C(c1ccccc1)N(S(=O)(=O)c1ccccc1C(F)(F)F)CC2. The number of hydrogen-bond acceptors (Lipinski definition) is 4. The number of benzene rings is 3. The molecule has 1 heterocycles. The number of nitrogens with zero attached hydrogens (tertiary/aromatic N) is 1. The summed E-state index contributed by atoms with van der Waals surface area (Å²) in [6.07, 6.45) is -4.50. The van der Waals surface area contributed by atoms with Gasteiger partial charge in [0.25, 0.3) is 0 Å². The first kappa shape index (κ1) is 23.1. The number of halogens is 3. The van der Waals surface area contributed by atoms with Crippen LogP contribution in [-0.4, -0.2) is 33.5 Å². The van der Waals surface area contributed by atoms with Gasteiger partial charge in [-0.25, -0.2) is 8.42 Å². The highest BCUT2D eigenvalue weighted by atomic mass is 32.2. The minimum atomic E-state index is -4.81. The molecule has 0 saturated carbocycles. The van der Waals surface area contributed by atoms with Crippen molar-refractivity contribution in [1.29, 1.82) is 0 Å². The van der Waals surface area contributed by atoms with Crippen LogP contribution < -0.4 is 9.47 Å². The number of ether oxygens (including phenoxy) is 2. The third-order valence-corrected chi connectivity index (χ3v) is 7.65. The van der Waals surface area contributed by atoms with Gasteiger partial charge in [0.2, 0.25) is 10.0 Å². The molecule has 174 valence electrons. The molecule has 4 rings (SSSR count). The maximum absolute atomic E-state index is 13.7. The number of alkyl halides is 3. The lowest BCUT2D eigenvalue weighted by Crippen LogP contribution is -2.41. The maximum atomic E-state index is 13.7. The summed E-state index contributed by atoms with van der Waals surface area (Å²) < 4.78 is 80.3. The molecule has 0 spiro atoms. The van der Waals surface area contributed by atoms with Crippen molar-refractivity contribution in [2.24, 2.45) is 0 Å². The van der Waals surface area contributed by atoms with Gasteiger partial charge in [0.15, 0.2) is 11.5 Å². The number of sulfonamides is 1. The Morgan fingerprint density at radius 2 is 1.52 bits per heavy atom. The van der Waals surface area contributed by atoms with Gasteiger partial charge < -0.3 is 9.47 Å². The molecule has 0 saturated heterocycles. The first-order valence-corrected chi connectivity index (χ1v) is 11.6. The highest BCUT2D eigenvalue weighted by molar-refractivity contribution is 7.89. The minimum Gasteiger partial charge on any atom is -0.493 e. The Morgan fingerprint density at radius 3 is 2.15 bits per heavy atom. The van der Waals surface area contributed by atoms with E-state index in [9.17, 15) is 21.6 Å². The van der Waals surface area contributed by atoms with E-state index in [0.29, 0.717) is 29.0 Å². The zero-order valence-electron chi connectivity index (χ0n) is 18.0. The summed E-state index contributed by atoms with van der Waals surface area (Å²) in [6.45, 7) is 0.0105. The molecule has 0 bridgehead atoms. The molecule has 1 atom stereocenters. The van der Waals surface area contributed by atoms with Crippen LogP contribution in [0.4, 0.5) is 13.2 Å². The standard InChI is InChI=1S/C24H22F3NO4S/c1-31-20-14-17-12-13-28(33(29,30)22-11-7-6-10-19(22)24(25,26)27)23(16-8-4-3-5-9-16)18(17)15-21(20)32-2/h3-11,14-15,23H,12-13H2,1-2H3. The van der Waals surface area contributed by atoms with Crippen molar-refractivity contribution in [2.75, 3.05) is 20.8 Å². The van der Waals surface area contributed by atoms with E-state index >= 15 is 0 Å². The molecule has 0 aromatic heterocycles. The minimum absolute atomic E-state index is 0.0105. The molecule has 3 aromatic rings. The normalized spacial score (nSPS) is 16.8. The molecule has 9 heteroatoms. The summed E-state index contributed by atoms with van der Waals surface area (Å²) in [5.41, 5.74) is 0.934. The second-order valence-corrected chi connectivity index (χ2v) is 9.44. The van der Waals surface area contributed by atoms with Gasteiger partial charge in [-0.05, 0) is 47.4 Å². The van der Waals surface area contributed by atoms with Gasteiger partial charge in [-0.2, -0.15) is 17.5 Å². The fraction of sp³-hybridized carbons (Fsp3) is 0.250. The van der Waals surface area contributed by atoms with E-state index in [1.807, 2.05) is 0 Å². The third kappa shape index (κ3) is 4.18. The average Bonchev–Trinajstić information content (AvgIpc) is 2.82. The lowest BCUT2D eigenvalue weighted by atomic mass is 9.89. The lowest BCUT2D eigenvalue weighted by Gasteiger charge is -2.37. The summed E-state index contributed by atoms with van der Waals surface area (Å²) in [4.78, 5) is -0.762. The van der Waals surface area contributed by atoms with Gasteiger partial charge in [-0.15, -0.1) is 0 Å². The molecular weight excluding hydrogens is 455 g/mol. The van der Waals surface area contributed by atoms with E-state index in [2.05, 4.69) is 0 Å². The van der Waals surface area contributed by atoms with Gasteiger partial charge in [0, 0.05) is 6.54 Å². The molecule has 0 amide bonds. The second-order valence-electron chi connectivity index (χ2n) is 7.58. The third-order valence-electron chi connectivity index (χ3n) is 5.72. The molecule has 0 fully saturated rings. The van der Waals surface area contributed by atoms with E-state index in [0.717, 1.165) is 22.0 Å². The van der Waals surface area contributed by atoms with Crippen molar-refractivity contribution in [1.82, 2.24) is 4.31 Å². The van der Waals surface area contributed by atoms with Gasteiger partial charge in [0.1, 0.15) is 0 Å². The van der Waals surface area contributed by atoms with Crippen LogP contribution in [0.1, 0.15) is 28.3 Å². The van der Waals surface area contributed by atoms with E-state index in [4.69, 9.17) is 9.47 Å². The highest BCUT2D eigenvalue weighted by Crippen LogP contribution is 2.44. The molecule has 1 unspecified atom stereocenters. The molecule has 33 heavy (non-hydrogen) atoms. The molecule has 0 N–H and O–H groups in total. The lowest BCUT2D eigenvalue weighted by molar-refractivity contribution is -0.139. The Morgan fingerprint density at radius 1 is 0.909 bits per heavy atom. The monoisotopic (exact) mass is 477 g/mol. The van der Waals surface area contributed by atoms with Crippen LogP contribution in [0.2, 0.25) is 0 Å². The van der Waals surface area contributed by atoms with Crippen LogP contribution in [0.15, 0.2) is 71.6 Å². The van der Waals surface area contributed by atoms with Crippen molar-refractivity contribution in [3.8, 4) is 11.5 Å². The van der Waals surface area contributed by atoms with Crippen LogP contribution in [0.25, 0.3) is 0 Å². The fourth-order valence-electron chi connectivity index (χ4n) is 4.21. The van der Waals surface area contributed by atoms with Crippen LogP contribution in [-0.2, 0) is 22.6 Å². The average molecular weight is 478 g/mol. The zero-order valence-corrected chi connectivity index (χ0v) is 18.8. The molecule has 1 aliphatic heterocycles. The number of rotatable bonds is 5. The number of fused-ring (bicyclic) bond motifs is 1. The smallest absolute Gasteiger partial charge is 0.417 e. The quantitative estimate of drug-likeness (QED) is 0.516. The Bertz CT molecular complexity index is 1260. The van der Waals surface area contributed by atoms with Crippen molar-refractivity contribution in [3.05, 3.63) is 89.0 Å². The number of methoxy groups -OCH3 is 2. The summed E-state index contributed by atoms with van der Waals surface area (Å²) in [7, 11) is -1.53. The van der Waals surface area contributed by atoms with Gasteiger partial charge in [-0.1, -0.05) is 42.5 Å². The van der Waals surface area contributed by atoms with E-state index in [1.165, 1.54) is 26.4 Å². The second kappa shape index (κ2) is 8.72. The molecule has 1 aliphatic rings. The first-order chi connectivity index (χ1) is 15.7. The van der Waals surface area contributed by atoms with Gasteiger partial charge in [-0.3, -0.25) is 0 Å². The van der Waals surface area contributed by atoms with Crippen LogP contribution in [0, 0.1) is 0 Å². The van der Waals surface area contributed by atoms with E-state index in [-0.39, 0.29) is 6.54 Å².